The summed E-state index contributed by atoms with van der Waals surface area (Å²) in [5.74, 6) is 0.395. The average Bonchev–Trinajstić information content (AvgIpc) is 2.26. The minimum Gasteiger partial charge on any atom is -0.384 e. The first-order chi connectivity index (χ1) is 8.25. The van der Waals surface area contributed by atoms with Crippen LogP contribution in [0.3, 0.4) is 0 Å². The van der Waals surface area contributed by atoms with E-state index in [4.69, 9.17) is 5.73 Å². The highest BCUT2D eigenvalue weighted by Crippen LogP contribution is 2.23. The number of nitrogens with two attached hydrogens (primary N) is 1. The largest absolute Gasteiger partial charge is 0.384 e. The molecule has 2 N–H and O–H groups in total. The van der Waals surface area contributed by atoms with Crippen LogP contribution in [0.25, 0.3) is 0 Å². The molecule has 1 rings (SSSR count). The summed E-state index contributed by atoms with van der Waals surface area (Å²) in [6.07, 6.45) is 0.939. The molecule has 0 aromatic carbocycles. The van der Waals surface area contributed by atoms with Gasteiger partial charge < -0.3 is 10.6 Å². The van der Waals surface area contributed by atoms with Crippen LogP contribution in [0.1, 0.15) is 50.2 Å². The van der Waals surface area contributed by atoms with Gasteiger partial charge in [0.15, 0.2) is 0 Å². The van der Waals surface area contributed by atoms with E-state index in [1.165, 1.54) is 0 Å². The maximum atomic E-state index is 12.2. The summed E-state index contributed by atoms with van der Waals surface area (Å²) in [4.78, 5) is 18.2. The summed E-state index contributed by atoms with van der Waals surface area (Å²) in [7, 11) is 1.80. The van der Waals surface area contributed by atoms with Crippen molar-refractivity contribution >= 4 is 11.7 Å². The second-order valence-corrected chi connectivity index (χ2v) is 5.64. The molecule has 0 bridgehead atoms. The van der Waals surface area contributed by atoms with Crippen molar-refractivity contribution in [3.05, 3.63) is 23.4 Å². The third-order valence-corrected chi connectivity index (χ3v) is 2.77. The Bertz CT molecular complexity index is 435. The van der Waals surface area contributed by atoms with E-state index < -0.39 is 0 Å². The lowest BCUT2D eigenvalue weighted by atomic mass is 9.90. The SMILES string of the molecule is CCCN(C)C(=O)c1cc(N)nc(C(C)(C)C)c1. The summed E-state index contributed by atoms with van der Waals surface area (Å²) in [6.45, 7) is 8.95. The number of nitrogen functional groups attached to an aromatic ring is 1. The molecule has 0 saturated heterocycles. The van der Waals surface area contributed by atoms with Gasteiger partial charge in [0.25, 0.3) is 5.91 Å². The van der Waals surface area contributed by atoms with Crippen LogP contribution < -0.4 is 5.73 Å². The van der Waals surface area contributed by atoms with Crippen molar-refractivity contribution in [2.75, 3.05) is 19.3 Å². The van der Waals surface area contributed by atoms with Gasteiger partial charge in [-0.15, -0.1) is 0 Å². The molecule has 0 unspecified atom stereocenters. The zero-order chi connectivity index (χ0) is 13.9. The topological polar surface area (TPSA) is 59.2 Å². The molecule has 0 atom stereocenters. The third kappa shape index (κ3) is 3.45. The summed E-state index contributed by atoms with van der Waals surface area (Å²) >= 11 is 0. The van der Waals surface area contributed by atoms with E-state index in [0.717, 1.165) is 18.7 Å². The van der Waals surface area contributed by atoms with E-state index in [1.807, 2.05) is 13.0 Å². The van der Waals surface area contributed by atoms with Crippen LogP contribution in [-0.2, 0) is 5.41 Å². The standard InChI is InChI=1S/C14H23N3O/c1-6-7-17(5)13(18)10-8-11(14(2,3)4)16-12(15)9-10/h8-9H,6-7H2,1-5H3,(H2,15,16). The number of carbonyl (C=O) groups excluding carboxylic acids is 1. The maximum Gasteiger partial charge on any atom is 0.253 e. The summed E-state index contributed by atoms with van der Waals surface area (Å²) in [5, 5.41) is 0. The van der Waals surface area contributed by atoms with Gasteiger partial charge in [-0.3, -0.25) is 4.79 Å². The van der Waals surface area contributed by atoms with Gasteiger partial charge in [0.05, 0.1) is 0 Å². The number of anilines is 1. The van der Waals surface area contributed by atoms with Gasteiger partial charge >= 0.3 is 0 Å². The van der Waals surface area contributed by atoms with Crippen molar-refractivity contribution in [3.8, 4) is 0 Å². The van der Waals surface area contributed by atoms with Crippen molar-refractivity contribution < 1.29 is 4.79 Å². The molecule has 1 heterocycles. The molecule has 100 valence electrons. The number of amides is 1. The first-order valence-corrected chi connectivity index (χ1v) is 6.29. The summed E-state index contributed by atoms with van der Waals surface area (Å²) in [5.41, 5.74) is 7.13. The van der Waals surface area contributed by atoms with Crippen LogP contribution in [0.2, 0.25) is 0 Å². The minimum atomic E-state index is -0.117. The number of rotatable bonds is 3. The first-order valence-electron chi connectivity index (χ1n) is 6.29. The molecule has 0 aliphatic carbocycles. The highest BCUT2D eigenvalue weighted by atomic mass is 16.2. The Balaban J connectivity index is 3.10. The van der Waals surface area contributed by atoms with Crippen LogP contribution in [0.15, 0.2) is 12.1 Å². The number of pyridine rings is 1. The lowest BCUT2D eigenvalue weighted by molar-refractivity contribution is 0.0795. The van der Waals surface area contributed by atoms with Crippen molar-refractivity contribution in [1.82, 2.24) is 9.88 Å². The monoisotopic (exact) mass is 249 g/mol. The zero-order valence-electron chi connectivity index (χ0n) is 11.9. The predicted octanol–water partition coefficient (Wildman–Crippen LogP) is 2.44. The number of hydrogen-bond donors (Lipinski definition) is 1. The van der Waals surface area contributed by atoms with E-state index in [2.05, 4.69) is 25.8 Å². The van der Waals surface area contributed by atoms with Crippen molar-refractivity contribution in [2.45, 2.75) is 39.5 Å². The number of carbonyl (C=O) groups is 1. The van der Waals surface area contributed by atoms with E-state index in [1.54, 1.807) is 18.0 Å². The molecular weight excluding hydrogens is 226 g/mol. The van der Waals surface area contributed by atoms with Crippen molar-refractivity contribution in [1.29, 1.82) is 0 Å². The molecule has 1 amide bonds. The molecule has 0 spiro atoms. The second-order valence-electron chi connectivity index (χ2n) is 5.64. The average molecular weight is 249 g/mol. The van der Waals surface area contributed by atoms with E-state index >= 15 is 0 Å². The quantitative estimate of drug-likeness (QED) is 0.895. The zero-order valence-corrected chi connectivity index (χ0v) is 11.9. The Labute approximate surface area is 109 Å². The predicted molar refractivity (Wildman–Crippen MR) is 74.6 cm³/mol. The van der Waals surface area contributed by atoms with Crippen LogP contribution in [-0.4, -0.2) is 29.4 Å². The van der Waals surface area contributed by atoms with Crippen LogP contribution >= 0.6 is 0 Å². The van der Waals surface area contributed by atoms with Crippen LogP contribution in [0.5, 0.6) is 0 Å². The smallest absolute Gasteiger partial charge is 0.253 e. The summed E-state index contributed by atoms with van der Waals surface area (Å²) < 4.78 is 0. The molecule has 0 aliphatic rings. The molecule has 0 aliphatic heterocycles. The van der Waals surface area contributed by atoms with E-state index in [0.29, 0.717) is 11.4 Å². The normalized spacial score (nSPS) is 11.4. The fourth-order valence-corrected chi connectivity index (χ4v) is 1.72. The van der Waals surface area contributed by atoms with Gasteiger partial charge in [-0.05, 0) is 18.6 Å². The van der Waals surface area contributed by atoms with Crippen molar-refractivity contribution in [3.63, 3.8) is 0 Å². The van der Waals surface area contributed by atoms with Gasteiger partial charge in [0, 0.05) is 30.3 Å². The summed E-state index contributed by atoms with van der Waals surface area (Å²) in [6, 6.07) is 3.48. The fourth-order valence-electron chi connectivity index (χ4n) is 1.72. The lowest BCUT2D eigenvalue weighted by Crippen LogP contribution is -2.28. The highest BCUT2D eigenvalue weighted by molar-refractivity contribution is 5.94. The van der Waals surface area contributed by atoms with E-state index in [-0.39, 0.29) is 11.3 Å². The second kappa shape index (κ2) is 5.38. The molecule has 1 aromatic heterocycles. The lowest BCUT2D eigenvalue weighted by Gasteiger charge is -2.21. The Morgan fingerprint density at radius 1 is 1.39 bits per heavy atom. The maximum absolute atomic E-state index is 12.2. The van der Waals surface area contributed by atoms with Gasteiger partial charge in [0.1, 0.15) is 5.82 Å². The Morgan fingerprint density at radius 3 is 2.50 bits per heavy atom. The van der Waals surface area contributed by atoms with Gasteiger partial charge in [-0.25, -0.2) is 4.98 Å². The molecule has 1 aromatic rings. The Hall–Kier alpha value is -1.58. The molecule has 0 radical (unpaired) electrons. The molecule has 18 heavy (non-hydrogen) atoms. The molecular formula is C14H23N3O. The minimum absolute atomic E-state index is 0.00329. The number of nitrogens with zero attached hydrogens (tertiary/aromatic N) is 2. The van der Waals surface area contributed by atoms with Gasteiger partial charge in [-0.2, -0.15) is 0 Å². The molecule has 0 fully saturated rings. The van der Waals surface area contributed by atoms with Crippen LogP contribution in [0, 0.1) is 0 Å². The fraction of sp³-hybridized carbons (Fsp3) is 0.571. The molecule has 4 heteroatoms. The van der Waals surface area contributed by atoms with E-state index in [9.17, 15) is 4.79 Å². The number of hydrogen-bond acceptors (Lipinski definition) is 3. The van der Waals surface area contributed by atoms with Gasteiger partial charge in [-0.1, -0.05) is 27.7 Å². The van der Waals surface area contributed by atoms with Gasteiger partial charge in [0.2, 0.25) is 0 Å². The van der Waals surface area contributed by atoms with Crippen molar-refractivity contribution in [2.24, 2.45) is 0 Å². The third-order valence-electron chi connectivity index (χ3n) is 2.77. The molecule has 0 saturated carbocycles. The highest BCUT2D eigenvalue weighted by Gasteiger charge is 2.19. The van der Waals surface area contributed by atoms with Crippen LogP contribution in [0.4, 0.5) is 5.82 Å². The molecule has 4 nitrogen and oxygen atoms in total. The number of aromatic nitrogens is 1. The Morgan fingerprint density at radius 2 is 2.00 bits per heavy atom. The first kappa shape index (κ1) is 14.5. The Kier molecular flexibility index (Phi) is 4.33.